The van der Waals surface area contributed by atoms with Crippen molar-refractivity contribution >= 4 is 23.4 Å². The van der Waals surface area contributed by atoms with E-state index in [0.717, 1.165) is 5.56 Å². The van der Waals surface area contributed by atoms with E-state index in [-0.39, 0.29) is 23.9 Å². The van der Waals surface area contributed by atoms with Crippen molar-refractivity contribution in [3.8, 4) is 5.75 Å². The molecule has 1 amide bonds. The molecule has 0 aliphatic carbocycles. The SMILES string of the molecule is COc1ccc(C)cc1NC(=O)CC1CSc2ncc(C)c(=O)n21. The molecule has 6 nitrogen and oxygen atoms in total. The third-order valence-corrected chi connectivity index (χ3v) is 5.06. The van der Waals surface area contributed by atoms with Gasteiger partial charge < -0.3 is 10.1 Å². The van der Waals surface area contributed by atoms with Gasteiger partial charge in [0.05, 0.1) is 18.8 Å². The Kier molecular flexibility index (Phi) is 4.62. The Hall–Kier alpha value is -2.28. The van der Waals surface area contributed by atoms with E-state index in [1.165, 1.54) is 11.8 Å². The third-order valence-electron chi connectivity index (χ3n) is 3.95. The minimum absolute atomic E-state index is 0.0732. The number of methoxy groups -OCH3 is 1. The lowest BCUT2D eigenvalue weighted by Crippen LogP contribution is -2.28. The number of nitrogens with zero attached hydrogens (tertiary/aromatic N) is 2. The highest BCUT2D eigenvalue weighted by Crippen LogP contribution is 2.32. The lowest BCUT2D eigenvalue weighted by atomic mass is 10.1. The molecule has 1 aromatic heterocycles. The van der Waals surface area contributed by atoms with Crippen LogP contribution in [0.5, 0.6) is 5.75 Å². The van der Waals surface area contributed by atoms with Crippen LogP contribution in [0.4, 0.5) is 5.69 Å². The third kappa shape index (κ3) is 3.17. The number of amides is 1. The number of anilines is 1. The Bertz CT molecular complexity index is 847. The van der Waals surface area contributed by atoms with Crippen LogP contribution in [-0.4, -0.2) is 28.3 Å². The maximum Gasteiger partial charge on any atom is 0.257 e. The molecule has 3 rings (SSSR count). The number of benzene rings is 1. The smallest absolute Gasteiger partial charge is 0.257 e. The molecule has 0 spiro atoms. The number of rotatable bonds is 4. The maximum atomic E-state index is 12.4. The van der Waals surface area contributed by atoms with Gasteiger partial charge in [-0.05, 0) is 31.5 Å². The Morgan fingerprint density at radius 2 is 2.25 bits per heavy atom. The number of nitrogens with one attached hydrogen (secondary N) is 1. The molecular formula is C17H19N3O3S. The Balaban J connectivity index is 1.78. The number of aromatic nitrogens is 2. The normalized spacial score (nSPS) is 15.9. The van der Waals surface area contributed by atoms with E-state index in [2.05, 4.69) is 10.3 Å². The molecule has 0 bridgehead atoms. The molecule has 1 aliphatic rings. The van der Waals surface area contributed by atoms with Crippen molar-refractivity contribution in [1.29, 1.82) is 0 Å². The Morgan fingerprint density at radius 3 is 3.00 bits per heavy atom. The zero-order chi connectivity index (χ0) is 17.3. The van der Waals surface area contributed by atoms with Gasteiger partial charge in [-0.2, -0.15) is 0 Å². The van der Waals surface area contributed by atoms with Gasteiger partial charge in [0.2, 0.25) is 5.91 Å². The molecule has 1 unspecified atom stereocenters. The predicted octanol–water partition coefficient (Wildman–Crippen LogP) is 2.54. The minimum Gasteiger partial charge on any atom is -0.495 e. The van der Waals surface area contributed by atoms with Gasteiger partial charge in [0.15, 0.2) is 5.16 Å². The van der Waals surface area contributed by atoms with E-state index < -0.39 is 0 Å². The minimum atomic E-state index is -0.180. The molecule has 0 saturated carbocycles. The molecular weight excluding hydrogens is 326 g/mol. The number of aryl methyl sites for hydroxylation is 2. The van der Waals surface area contributed by atoms with Crippen LogP contribution in [0.1, 0.15) is 23.6 Å². The van der Waals surface area contributed by atoms with E-state index in [9.17, 15) is 9.59 Å². The molecule has 0 saturated heterocycles. The second-order valence-electron chi connectivity index (χ2n) is 5.82. The van der Waals surface area contributed by atoms with Crippen LogP contribution < -0.4 is 15.6 Å². The summed E-state index contributed by atoms with van der Waals surface area (Å²) in [5.74, 6) is 1.14. The highest BCUT2D eigenvalue weighted by molar-refractivity contribution is 7.99. The highest BCUT2D eigenvalue weighted by Gasteiger charge is 2.27. The second kappa shape index (κ2) is 6.68. The molecule has 2 aromatic rings. The van der Waals surface area contributed by atoms with Crippen LogP contribution in [0.15, 0.2) is 34.3 Å². The molecule has 0 radical (unpaired) electrons. The summed E-state index contributed by atoms with van der Waals surface area (Å²) in [6, 6.07) is 5.43. The average Bonchev–Trinajstić information content (AvgIpc) is 2.94. The van der Waals surface area contributed by atoms with E-state index in [0.29, 0.717) is 27.9 Å². The lowest BCUT2D eigenvalue weighted by Gasteiger charge is -2.15. The lowest BCUT2D eigenvalue weighted by molar-refractivity contribution is -0.116. The van der Waals surface area contributed by atoms with Gasteiger partial charge in [-0.3, -0.25) is 14.2 Å². The fourth-order valence-corrected chi connectivity index (χ4v) is 3.81. The van der Waals surface area contributed by atoms with E-state index in [4.69, 9.17) is 4.74 Å². The molecule has 7 heteroatoms. The van der Waals surface area contributed by atoms with E-state index >= 15 is 0 Å². The van der Waals surface area contributed by atoms with Crippen LogP contribution in [0.3, 0.4) is 0 Å². The summed E-state index contributed by atoms with van der Waals surface area (Å²) in [5, 5.41) is 3.56. The first-order chi connectivity index (χ1) is 11.5. The molecule has 1 aliphatic heterocycles. The van der Waals surface area contributed by atoms with Crippen molar-refractivity contribution in [2.45, 2.75) is 31.5 Å². The first-order valence-corrected chi connectivity index (χ1v) is 8.63. The topological polar surface area (TPSA) is 73.2 Å². The number of carbonyl (C=O) groups excluding carboxylic acids is 1. The van der Waals surface area contributed by atoms with Crippen LogP contribution in [0, 0.1) is 13.8 Å². The van der Waals surface area contributed by atoms with Crippen molar-refractivity contribution in [2.24, 2.45) is 0 Å². The first kappa shape index (κ1) is 16.6. The number of hydrogen-bond donors (Lipinski definition) is 1. The molecule has 1 N–H and O–H groups in total. The van der Waals surface area contributed by atoms with Gasteiger partial charge >= 0.3 is 0 Å². The van der Waals surface area contributed by atoms with Gasteiger partial charge in [0.1, 0.15) is 5.75 Å². The maximum absolute atomic E-state index is 12.4. The van der Waals surface area contributed by atoms with Crippen molar-refractivity contribution in [3.05, 3.63) is 45.9 Å². The number of hydrogen-bond acceptors (Lipinski definition) is 5. The van der Waals surface area contributed by atoms with Crippen molar-refractivity contribution in [2.75, 3.05) is 18.2 Å². The number of fused-ring (bicyclic) bond motifs is 1. The summed E-state index contributed by atoms with van der Waals surface area (Å²) >= 11 is 1.50. The monoisotopic (exact) mass is 345 g/mol. The molecule has 1 aromatic carbocycles. The highest BCUT2D eigenvalue weighted by atomic mass is 32.2. The van der Waals surface area contributed by atoms with Crippen LogP contribution >= 0.6 is 11.8 Å². The quantitative estimate of drug-likeness (QED) is 0.862. The van der Waals surface area contributed by atoms with Crippen LogP contribution in [0.25, 0.3) is 0 Å². The number of thioether (sulfide) groups is 1. The summed E-state index contributed by atoms with van der Waals surface area (Å²) in [7, 11) is 1.57. The van der Waals surface area contributed by atoms with Gasteiger partial charge in [-0.25, -0.2) is 4.98 Å². The molecule has 126 valence electrons. The summed E-state index contributed by atoms with van der Waals surface area (Å²) < 4.78 is 6.91. The van der Waals surface area contributed by atoms with E-state index in [1.807, 2.05) is 25.1 Å². The predicted molar refractivity (Wildman–Crippen MR) is 94.0 cm³/mol. The fraction of sp³-hybridized carbons (Fsp3) is 0.353. The van der Waals surface area contributed by atoms with Crippen molar-refractivity contribution in [1.82, 2.24) is 9.55 Å². The zero-order valence-corrected chi connectivity index (χ0v) is 14.6. The fourth-order valence-electron chi connectivity index (χ4n) is 2.71. The summed E-state index contributed by atoms with van der Waals surface area (Å²) in [5.41, 5.74) is 2.19. The Labute approximate surface area is 144 Å². The second-order valence-corrected chi connectivity index (χ2v) is 6.81. The standard InChI is InChI=1S/C17H19N3O3S/c1-10-4-5-14(23-3)13(6-10)19-15(21)7-12-9-24-17-18-8-11(2)16(22)20(12)17/h4-6,8,12H,7,9H2,1-3H3,(H,19,21). The summed E-state index contributed by atoms with van der Waals surface area (Å²) in [4.78, 5) is 29.0. The average molecular weight is 345 g/mol. The number of ether oxygens (including phenoxy) is 1. The largest absolute Gasteiger partial charge is 0.495 e. The van der Waals surface area contributed by atoms with Gasteiger partial charge in [0, 0.05) is 23.9 Å². The molecule has 2 heterocycles. The van der Waals surface area contributed by atoms with Crippen LogP contribution in [-0.2, 0) is 4.79 Å². The summed E-state index contributed by atoms with van der Waals surface area (Å²) in [6.07, 6.45) is 1.81. The molecule has 24 heavy (non-hydrogen) atoms. The van der Waals surface area contributed by atoms with Gasteiger partial charge in [-0.1, -0.05) is 17.8 Å². The zero-order valence-electron chi connectivity index (χ0n) is 13.8. The van der Waals surface area contributed by atoms with E-state index in [1.54, 1.807) is 24.8 Å². The van der Waals surface area contributed by atoms with Gasteiger partial charge in [0.25, 0.3) is 5.56 Å². The number of carbonyl (C=O) groups is 1. The van der Waals surface area contributed by atoms with Crippen LogP contribution in [0.2, 0.25) is 0 Å². The summed E-state index contributed by atoms with van der Waals surface area (Å²) in [6.45, 7) is 3.69. The molecule has 0 fully saturated rings. The first-order valence-electron chi connectivity index (χ1n) is 7.65. The van der Waals surface area contributed by atoms with Crippen molar-refractivity contribution < 1.29 is 9.53 Å². The molecule has 1 atom stereocenters. The Morgan fingerprint density at radius 1 is 1.46 bits per heavy atom. The van der Waals surface area contributed by atoms with Gasteiger partial charge in [-0.15, -0.1) is 0 Å². The van der Waals surface area contributed by atoms with Crippen molar-refractivity contribution in [3.63, 3.8) is 0 Å².